The van der Waals surface area contributed by atoms with Gasteiger partial charge in [0.25, 0.3) is 0 Å². The van der Waals surface area contributed by atoms with Crippen LogP contribution in [-0.2, 0) is 13.6 Å². The molecule has 1 unspecified atom stereocenters. The van der Waals surface area contributed by atoms with Crippen molar-refractivity contribution in [2.45, 2.75) is 26.4 Å². The second-order valence-electron chi connectivity index (χ2n) is 4.06. The van der Waals surface area contributed by atoms with Crippen LogP contribution in [0.2, 0.25) is 0 Å². The lowest BCUT2D eigenvalue weighted by atomic mass is 10.2. The molecule has 0 spiro atoms. The molecule has 16 heavy (non-hydrogen) atoms. The zero-order chi connectivity index (χ0) is 11.5. The van der Waals surface area contributed by atoms with Gasteiger partial charge in [-0.05, 0) is 26.0 Å². The van der Waals surface area contributed by atoms with Crippen molar-refractivity contribution < 1.29 is 4.42 Å². The molecule has 0 amide bonds. The first kappa shape index (κ1) is 11.0. The van der Waals surface area contributed by atoms with Gasteiger partial charge < -0.3 is 9.73 Å². The SMILES string of the molecule is Cc1ccc(CNC(C)c2cnn(C)c2)o1. The Morgan fingerprint density at radius 2 is 2.31 bits per heavy atom. The van der Waals surface area contributed by atoms with Crippen molar-refractivity contribution >= 4 is 0 Å². The van der Waals surface area contributed by atoms with Gasteiger partial charge in [0, 0.05) is 24.8 Å². The quantitative estimate of drug-likeness (QED) is 0.857. The fourth-order valence-corrected chi connectivity index (χ4v) is 1.62. The topological polar surface area (TPSA) is 43.0 Å². The average Bonchev–Trinajstić information content (AvgIpc) is 2.84. The van der Waals surface area contributed by atoms with Gasteiger partial charge in [0.1, 0.15) is 11.5 Å². The van der Waals surface area contributed by atoms with E-state index in [0.29, 0.717) is 0 Å². The van der Waals surface area contributed by atoms with E-state index in [9.17, 15) is 0 Å². The van der Waals surface area contributed by atoms with E-state index in [4.69, 9.17) is 4.42 Å². The third kappa shape index (κ3) is 2.52. The van der Waals surface area contributed by atoms with Crippen molar-refractivity contribution in [2.24, 2.45) is 7.05 Å². The lowest BCUT2D eigenvalue weighted by Crippen LogP contribution is -2.17. The maximum Gasteiger partial charge on any atom is 0.117 e. The zero-order valence-corrected chi connectivity index (χ0v) is 9.90. The van der Waals surface area contributed by atoms with Gasteiger partial charge in [-0.2, -0.15) is 5.10 Å². The fourth-order valence-electron chi connectivity index (χ4n) is 1.62. The van der Waals surface area contributed by atoms with Gasteiger partial charge in [-0.3, -0.25) is 4.68 Å². The number of furan rings is 1. The van der Waals surface area contributed by atoms with E-state index < -0.39 is 0 Å². The fraction of sp³-hybridized carbons (Fsp3) is 0.417. The van der Waals surface area contributed by atoms with E-state index in [2.05, 4.69) is 17.3 Å². The Morgan fingerprint density at radius 1 is 1.50 bits per heavy atom. The van der Waals surface area contributed by atoms with Gasteiger partial charge in [0.05, 0.1) is 12.7 Å². The van der Waals surface area contributed by atoms with Crippen LogP contribution >= 0.6 is 0 Å². The highest BCUT2D eigenvalue weighted by Gasteiger charge is 2.07. The molecule has 1 N–H and O–H groups in total. The maximum absolute atomic E-state index is 5.49. The summed E-state index contributed by atoms with van der Waals surface area (Å²) in [5.74, 6) is 1.92. The number of rotatable bonds is 4. The van der Waals surface area contributed by atoms with Gasteiger partial charge in [0.2, 0.25) is 0 Å². The molecule has 2 aromatic rings. The predicted octanol–water partition coefficient (Wildman–Crippen LogP) is 2.17. The summed E-state index contributed by atoms with van der Waals surface area (Å²) in [7, 11) is 1.92. The molecule has 0 fully saturated rings. The Balaban J connectivity index is 1.91. The van der Waals surface area contributed by atoms with Crippen LogP contribution in [0.1, 0.15) is 30.0 Å². The number of hydrogen-bond donors (Lipinski definition) is 1. The average molecular weight is 219 g/mol. The van der Waals surface area contributed by atoms with E-state index >= 15 is 0 Å². The Hall–Kier alpha value is -1.55. The molecular weight excluding hydrogens is 202 g/mol. The number of hydrogen-bond acceptors (Lipinski definition) is 3. The van der Waals surface area contributed by atoms with Crippen LogP contribution < -0.4 is 5.32 Å². The van der Waals surface area contributed by atoms with Gasteiger partial charge in [-0.25, -0.2) is 0 Å². The Morgan fingerprint density at radius 3 is 2.88 bits per heavy atom. The maximum atomic E-state index is 5.49. The van der Waals surface area contributed by atoms with Crippen molar-refractivity contribution in [1.82, 2.24) is 15.1 Å². The summed E-state index contributed by atoms with van der Waals surface area (Å²) >= 11 is 0. The smallest absolute Gasteiger partial charge is 0.117 e. The van der Waals surface area contributed by atoms with Gasteiger partial charge in [0.15, 0.2) is 0 Å². The van der Waals surface area contributed by atoms with Crippen LogP contribution in [0.25, 0.3) is 0 Å². The van der Waals surface area contributed by atoms with Crippen LogP contribution in [0.5, 0.6) is 0 Å². The third-order valence-corrected chi connectivity index (χ3v) is 2.60. The van der Waals surface area contributed by atoms with E-state index in [-0.39, 0.29) is 6.04 Å². The molecule has 86 valence electrons. The predicted molar refractivity (Wildman–Crippen MR) is 61.9 cm³/mol. The summed E-state index contributed by atoms with van der Waals surface area (Å²) in [6.45, 7) is 4.81. The molecule has 0 aliphatic rings. The molecule has 0 aromatic carbocycles. The largest absolute Gasteiger partial charge is 0.465 e. The van der Waals surface area contributed by atoms with Crippen molar-refractivity contribution in [3.8, 4) is 0 Å². The zero-order valence-electron chi connectivity index (χ0n) is 9.90. The van der Waals surface area contributed by atoms with Crippen molar-refractivity contribution in [3.63, 3.8) is 0 Å². The molecule has 2 heterocycles. The van der Waals surface area contributed by atoms with Crippen molar-refractivity contribution in [3.05, 3.63) is 41.6 Å². The molecule has 4 heteroatoms. The molecule has 1 atom stereocenters. The first-order valence-corrected chi connectivity index (χ1v) is 5.42. The first-order chi connectivity index (χ1) is 7.65. The lowest BCUT2D eigenvalue weighted by Gasteiger charge is -2.10. The van der Waals surface area contributed by atoms with Gasteiger partial charge >= 0.3 is 0 Å². The monoisotopic (exact) mass is 219 g/mol. The minimum absolute atomic E-state index is 0.277. The molecule has 0 aliphatic heterocycles. The number of nitrogens with one attached hydrogen (secondary N) is 1. The summed E-state index contributed by atoms with van der Waals surface area (Å²) in [6, 6.07) is 4.25. The number of nitrogens with zero attached hydrogens (tertiary/aromatic N) is 2. The number of aromatic nitrogens is 2. The van der Waals surface area contributed by atoms with Crippen LogP contribution in [0.4, 0.5) is 0 Å². The molecule has 2 rings (SSSR count). The van der Waals surface area contributed by atoms with Crippen LogP contribution in [0.15, 0.2) is 28.9 Å². The summed E-state index contributed by atoms with van der Waals surface area (Å²) in [5.41, 5.74) is 1.19. The molecule has 0 saturated carbocycles. The van der Waals surface area contributed by atoms with Gasteiger partial charge in [-0.15, -0.1) is 0 Å². The highest BCUT2D eigenvalue weighted by atomic mass is 16.3. The Bertz CT molecular complexity index is 458. The normalized spacial score (nSPS) is 12.9. The molecular formula is C12H17N3O. The molecule has 4 nitrogen and oxygen atoms in total. The van der Waals surface area contributed by atoms with Gasteiger partial charge in [-0.1, -0.05) is 0 Å². The van der Waals surface area contributed by atoms with E-state index in [0.717, 1.165) is 18.1 Å². The third-order valence-electron chi connectivity index (χ3n) is 2.60. The van der Waals surface area contributed by atoms with Crippen LogP contribution in [0.3, 0.4) is 0 Å². The molecule has 0 aliphatic carbocycles. The van der Waals surface area contributed by atoms with Crippen molar-refractivity contribution in [2.75, 3.05) is 0 Å². The van der Waals surface area contributed by atoms with Crippen molar-refractivity contribution in [1.29, 1.82) is 0 Å². The minimum Gasteiger partial charge on any atom is -0.465 e. The summed E-state index contributed by atoms with van der Waals surface area (Å²) in [4.78, 5) is 0. The molecule has 0 bridgehead atoms. The van der Waals surface area contributed by atoms with E-state index in [1.165, 1.54) is 5.56 Å². The standard InChI is InChI=1S/C12H17N3O/c1-9-4-5-12(16-9)7-13-10(2)11-6-14-15(3)8-11/h4-6,8,10,13H,7H2,1-3H3. The summed E-state index contributed by atoms with van der Waals surface area (Å²) < 4.78 is 7.30. The highest BCUT2D eigenvalue weighted by molar-refractivity contribution is 5.10. The van der Waals surface area contributed by atoms with E-state index in [1.807, 2.05) is 43.2 Å². The van der Waals surface area contributed by atoms with Crippen LogP contribution in [0, 0.1) is 6.92 Å². The summed E-state index contributed by atoms with van der Waals surface area (Å²) in [5, 5.41) is 7.54. The molecule has 0 saturated heterocycles. The number of aryl methyl sites for hydroxylation is 2. The second kappa shape index (κ2) is 4.53. The Labute approximate surface area is 95.3 Å². The lowest BCUT2D eigenvalue weighted by molar-refractivity contribution is 0.444. The van der Waals surface area contributed by atoms with Crippen LogP contribution in [-0.4, -0.2) is 9.78 Å². The highest BCUT2D eigenvalue weighted by Crippen LogP contribution is 2.12. The molecule has 2 aromatic heterocycles. The summed E-state index contributed by atoms with van der Waals surface area (Å²) in [6.07, 6.45) is 3.90. The Kier molecular flexibility index (Phi) is 3.10. The first-order valence-electron chi connectivity index (χ1n) is 5.42. The molecule has 0 radical (unpaired) electrons. The minimum atomic E-state index is 0.277. The second-order valence-corrected chi connectivity index (χ2v) is 4.06. The van der Waals surface area contributed by atoms with E-state index in [1.54, 1.807) is 0 Å².